The molecular formula is C29H34N4O5. The monoisotopic (exact) mass is 518 g/mol. The zero-order chi connectivity index (χ0) is 26.6. The number of hydrogen-bond donors (Lipinski definition) is 3. The molecule has 2 fully saturated rings. The van der Waals surface area contributed by atoms with E-state index in [0.717, 1.165) is 60.9 Å². The molecule has 3 N–H and O–H groups in total. The second kappa shape index (κ2) is 11.2. The van der Waals surface area contributed by atoms with Crippen molar-refractivity contribution in [2.75, 3.05) is 0 Å². The predicted octanol–water partition coefficient (Wildman–Crippen LogP) is 4.99. The summed E-state index contributed by atoms with van der Waals surface area (Å²) < 4.78 is 7.66. The molecule has 9 nitrogen and oxygen atoms in total. The normalized spacial score (nSPS) is 20.2. The Morgan fingerprint density at radius 1 is 1.00 bits per heavy atom. The minimum Gasteiger partial charge on any atom is -0.478 e. The number of fused-ring (bicyclic) bond motifs is 1. The Morgan fingerprint density at radius 2 is 1.71 bits per heavy atom. The van der Waals surface area contributed by atoms with E-state index in [0.29, 0.717) is 11.6 Å². The van der Waals surface area contributed by atoms with Crippen molar-refractivity contribution in [2.45, 2.75) is 82.3 Å². The van der Waals surface area contributed by atoms with Gasteiger partial charge in [0.1, 0.15) is 12.1 Å². The van der Waals surface area contributed by atoms with Gasteiger partial charge in [-0.25, -0.2) is 9.78 Å². The molecule has 38 heavy (non-hydrogen) atoms. The fourth-order valence-corrected chi connectivity index (χ4v) is 5.74. The summed E-state index contributed by atoms with van der Waals surface area (Å²) in [4.78, 5) is 41.0. The maximum absolute atomic E-state index is 13.1. The minimum atomic E-state index is -1.16. The number of imidazole rings is 1. The molecule has 0 saturated heterocycles. The summed E-state index contributed by atoms with van der Waals surface area (Å²) in [6, 6.07) is 8.05. The van der Waals surface area contributed by atoms with Crippen LogP contribution in [0, 0.1) is 0 Å². The van der Waals surface area contributed by atoms with Crippen LogP contribution in [-0.2, 0) is 9.59 Å². The van der Waals surface area contributed by atoms with Crippen LogP contribution in [0.5, 0.6) is 0 Å². The fourth-order valence-electron chi connectivity index (χ4n) is 5.74. The molecule has 2 aromatic heterocycles. The number of carboxylic acids is 1. The smallest absolute Gasteiger partial charge is 0.331 e. The molecule has 2 saturated carbocycles. The highest BCUT2D eigenvalue weighted by Gasteiger charge is 2.26. The van der Waals surface area contributed by atoms with Crippen molar-refractivity contribution < 1.29 is 23.9 Å². The number of nitrogens with zero attached hydrogens (tertiary/aromatic N) is 2. The lowest BCUT2D eigenvalue weighted by molar-refractivity contribution is -0.134. The van der Waals surface area contributed by atoms with Crippen molar-refractivity contribution in [3.05, 3.63) is 54.5 Å². The summed E-state index contributed by atoms with van der Waals surface area (Å²) >= 11 is 0. The third kappa shape index (κ3) is 5.66. The molecule has 2 amide bonds. The van der Waals surface area contributed by atoms with Crippen LogP contribution in [0.3, 0.4) is 0 Å². The van der Waals surface area contributed by atoms with Crippen LogP contribution in [0.15, 0.2) is 53.4 Å². The first kappa shape index (κ1) is 25.8. The molecule has 0 spiro atoms. The Bertz CT molecular complexity index is 1330. The van der Waals surface area contributed by atoms with Gasteiger partial charge in [-0.05, 0) is 62.8 Å². The lowest BCUT2D eigenvalue weighted by Gasteiger charge is -2.29. The highest BCUT2D eigenvalue weighted by molar-refractivity contribution is 5.98. The first-order chi connectivity index (χ1) is 18.4. The number of nitrogens with one attached hydrogen (secondary N) is 2. The van der Waals surface area contributed by atoms with Crippen LogP contribution < -0.4 is 10.6 Å². The summed E-state index contributed by atoms with van der Waals surface area (Å²) in [6.45, 7) is 3.40. The number of furan rings is 1. The maximum Gasteiger partial charge on any atom is 0.331 e. The van der Waals surface area contributed by atoms with Crippen molar-refractivity contribution in [3.8, 4) is 11.4 Å². The zero-order valence-electron chi connectivity index (χ0n) is 21.4. The Labute approximate surface area is 221 Å². The van der Waals surface area contributed by atoms with E-state index in [2.05, 4.69) is 21.8 Å². The highest BCUT2D eigenvalue weighted by atomic mass is 16.4. The van der Waals surface area contributed by atoms with Crippen molar-refractivity contribution in [1.29, 1.82) is 0 Å². The van der Waals surface area contributed by atoms with Crippen LogP contribution in [0.2, 0.25) is 0 Å². The zero-order valence-corrected chi connectivity index (χ0v) is 21.4. The predicted molar refractivity (Wildman–Crippen MR) is 143 cm³/mol. The largest absolute Gasteiger partial charge is 0.478 e. The third-order valence-corrected chi connectivity index (χ3v) is 7.77. The van der Waals surface area contributed by atoms with Crippen molar-refractivity contribution in [2.24, 2.45) is 0 Å². The molecule has 2 aliphatic rings. The average molecular weight is 519 g/mol. The van der Waals surface area contributed by atoms with Gasteiger partial charge in [0.15, 0.2) is 0 Å². The van der Waals surface area contributed by atoms with Gasteiger partial charge in [-0.15, -0.1) is 0 Å². The maximum atomic E-state index is 13.1. The second-order valence-corrected chi connectivity index (χ2v) is 10.5. The van der Waals surface area contributed by atoms with E-state index < -0.39 is 5.97 Å². The van der Waals surface area contributed by atoms with Crippen molar-refractivity contribution in [1.82, 2.24) is 20.2 Å². The van der Waals surface area contributed by atoms with Gasteiger partial charge in [0.05, 0.1) is 29.3 Å². The lowest BCUT2D eigenvalue weighted by Crippen LogP contribution is -2.43. The second-order valence-electron chi connectivity index (χ2n) is 10.5. The summed E-state index contributed by atoms with van der Waals surface area (Å²) in [5.74, 6) is -0.747. The SMILES string of the molecule is C=C(CC(=O)NC1CCC(NC(=O)c2ccc3c(c2)nc(-c2ccoc2)n3C2CCCCC2)CC1)C(=O)O. The molecule has 9 heteroatoms. The van der Waals surface area contributed by atoms with Gasteiger partial charge in [0.2, 0.25) is 5.91 Å². The summed E-state index contributed by atoms with van der Waals surface area (Å²) in [7, 11) is 0. The Kier molecular flexibility index (Phi) is 7.62. The molecule has 2 aliphatic carbocycles. The lowest BCUT2D eigenvalue weighted by atomic mass is 9.90. The Hall–Kier alpha value is -3.88. The number of carboxylic acid groups (broad SMARTS) is 1. The fraction of sp³-hybridized carbons (Fsp3) is 0.448. The molecule has 0 bridgehead atoms. The quantitative estimate of drug-likeness (QED) is 0.361. The molecule has 1 aromatic carbocycles. The summed E-state index contributed by atoms with van der Waals surface area (Å²) in [6.07, 6.45) is 12.0. The standard InChI is InChI=1S/C29H34N4O5/c1-18(29(36)37)15-26(34)30-21-8-10-22(11-9-21)31-28(35)19-7-12-25-24(16-19)32-27(20-13-14-38-17-20)33(25)23-5-3-2-4-6-23/h7,12-14,16-17,21-23H,1-6,8-11,15H2,(H,30,34)(H,31,35)(H,36,37). The van der Waals surface area contributed by atoms with E-state index >= 15 is 0 Å². The Balaban J connectivity index is 1.24. The number of aliphatic carboxylic acids is 1. The van der Waals surface area contributed by atoms with E-state index in [-0.39, 0.29) is 35.9 Å². The van der Waals surface area contributed by atoms with E-state index in [1.54, 1.807) is 12.5 Å². The van der Waals surface area contributed by atoms with Crippen LogP contribution in [0.25, 0.3) is 22.4 Å². The number of benzene rings is 1. The topological polar surface area (TPSA) is 126 Å². The van der Waals surface area contributed by atoms with Crippen molar-refractivity contribution in [3.63, 3.8) is 0 Å². The number of rotatable bonds is 8. The number of aromatic nitrogens is 2. The first-order valence-electron chi connectivity index (χ1n) is 13.4. The number of amides is 2. The van der Waals surface area contributed by atoms with Gasteiger partial charge < -0.3 is 24.7 Å². The average Bonchev–Trinajstić information content (AvgIpc) is 3.58. The van der Waals surface area contributed by atoms with Gasteiger partial charge >= 0.3 is 5.97 Å². The van der Waals surface area contributed by atoms with E-state index in [1.807, 2.05) is 24.3 Å². The van der Waals surface area contributed by atoms with E-state index in [9.17, 15) is 14.4 Å². The molecule has 0 radical (unpaired) electrons. The molecule has 0 unspecified atom stereocenters. The Morgan fingerprint density at radius 3 is 2.37 bits per heavy atom. The van der Waals surface area contributed by atoms with Gasteiger partial charge in [-0.1, -0.05) is 25.8 Å². The van der Waals surface area contributed by atoms with E-state index in [1.165, 1.54) is 19.3 Å². The van der Waals surface area contributed by atoms with Crippen LogP contribution in [0.4, 0.5) is 0 Å². The van der Waals surface area contributed by atoms with E-state index in [4.69, 9.17) is 14.5 Å². The summed E-state index contributed by atoms with van der Waals surface area (Å²) in [5, 5.41) is 14.9. The number of carbonyl (C=O) groups is 3. The molecule has 5 rings (SSSR count). The van der Waals surface area contributed by atoms with Crippen LogP contribution in [0.1, 0.15) is 80.6 Å². The van der Waals surface area contributed by atoms with Crippen LogP contribution >= 0.6 is 0 Å². The molecule has 2 heterocycles. The number of carbonyl (C=O) groups excluding carboxylic acids is 2. The van der Waals surface area contributed by atoms with Crippen molar-refractivity contribution >= 4 is 28.8 Å². The van der Waals surface area contributed by atoms with Gasteiger partial charge in [0.25, 0.3) is 5.91 Å². The molecular weight excluding hydrogens is 484 g/mol. The minimum absolute atomic E-state index is 0.0154. The first-order valence-corrected chi connectivity index (χ1v) is 13.4. The molecule has 200 valence electrons. The molecule has 0 aliphatic heterocycles. The van der Waals surface area contributed by atoms with Gasteiger partial charge in [0, 0.05) is 29.3 Å². The van der Waals surface area contributed by atoms with Gasteiger partial charge in [-0.2, -0.15) is 0 Å². The third-order valence-electron chi connectivity index (χ3n) is 7.77. The van der Waals surface area contributed by atoms with Crippen LogP contribution in [-0.4, -0.2) is 44.5 Å². The van der Waals surface area contributed by atoms with Gasteiger partial charge in [-0.3, -0.25) is 9.59 Å². The molecule has 0 atom stereocenters. The highest BCUT2D eigenvalue weighted by Crippen LogP contribution is 2.36. The molecule has 3 aromatic rings. The number of hydrogen-bond acceptors (Lipinski definition) is 5. The summed E-state index contributed by atoms with van der Waals surface area (Å²) in [5.41, 5.74) is 3.22.